The summed E-state index contributed by atoms with van der Waals surface area (Å²) in [7, 11) is -0.750. The zero-order valence-corrected chi connectivity index (χ0v) is 12.9. The van der Waals surface area contributed by atoms with Gasteiger partial charge in [-0.05, 0) is 37.1 Å². The number of methoxy groups -OCH3 is 2. The van der Waals surface area contributed by atoms with Crippen LogP contribution in [0.15, 0.2) is 29.2 Å². The lowest BCUT2D eigenvalue weighted by atomic mass is 10.0. The lowest BCUT2D eigenvalue weighted by molar-refractivity contribution is -0.146. The maximum absolute atomic E-state index is 12.6. The molecular formula is C14H19NO5S. The van der Waals surface area contributed by atoms with Crippen molar-refractivity contribution in [3.8, 4) is 5.75 Å². The Balaban J connectivity index is 2.19. The van der Waals surface area contributed by atoms with Gasteiger partial charge >= 0.3 is 5.97 Å². The van der Waals surface area contributed by atoms with E-state index in [-0.39, 0.29) is 17.4 Å². The van der Waals surface area contributed by atoms with Crippen molar-refractivity contribution in [2.24, 2.45) is 5.92 Å². The van der Waals surface area contributed by atoms with Crippen molar-refractivity contribution in [3.05, 3.63) is 24.3 Å². The zero-order chi connectivity index (χ0) is 15.5. The molecule has 0 aliphatic carbocycles. The average Bonchev–Trinajstić information content (AvgIpc) is 2.54. The number of sulfonamides is 1. The van der Waals surface area contributed by atoms with E-state index in [0.717, 1.165) is 0 Å². The fraction of sp³-hybridized carbons (Fsp3) is 0.500. The molecule has 21 heavy (non-hydrogen) atoms. The molecule has 0 bridgehead atoms. The molecule has 0 aromatic heterocycles. The molecule has 0 saturated carbocycles. The Labute approximate surface area is 124 Å². The lowest BCUT2D eigenvalue weighted by Gasteiger charge is -2.30. The second-order valence-electron chi connectivity index (χ2n) is 4.90. The van der Waals surface area contributed by atoms with E-state index in [9.17, 15) is 13.2 Å². The van der Waals surface area contributed by atoms with Gasteiger partial charge in [0.15, 0.2) is 0 Å². The van der Waals surface area contributed by atoms with Gasteiger partial charge in [-0.25, -0.2) is 8.42 Å². The topological polar surface area (TPSA) is 72.9 Å². The lowest BCUT2D eigenvalue weighted by Crippen LogP contribution is -2.42. The van der Waals surface area contributed by atoms with Crippen LogP contribution >= 0.6 is 0 Å². The second kappa shape index (κ2) is 6.44. The Morgan fingerprint density at radius 1 is 1.24 bits per heavy atom. The molecule has 0 N–H and O–H groups in total. The average molecular weight is 313 g/mol. The Morgan fingerprint density at radius 3 is 2.48 bits per heavy atom. The molecule has 1 aromatic rings. The van der Waals surface area contributed by atoms with E-state index >= 15 is 0 Å². The molecule has 1 atom stereocenters. The number of hydrogen-bond acceptors (Lipinski definition) is 5. The monoisotopic (exact) mass is 313 g/mol. The number of esters is 1. The van der Waals surface area contributed by atoms with Crippen molar-refractivity contribution in [2.45, 2.75) is 17.7 Å². The maximum atomic E-state index is 12.6. The molecule has 1 aliphatic rings. The number of hydrogen-bond donors (Lipinski definition) is 0. The van der Waals surface area contributed by atoms with Gasteiger partial charge in [0.1, 0.15) is 5.75 Å². The van der Waals surface area contributed by atoms with Crippen LogP contribution in [0.3, 0.4) is 0 Å². The third-order valence-electron chi connectivity index (χ3n) is 3.62. The third kappa shape index (κ3) is 3.36. The van der Waals surface area contributed by atoms with E-state index in [2.05, 4.69) is 0 Å². The summed E-state index contributed by atoms with van der Waals surface area (Å²) < 4.78 is 36.2. The molecule has 0 unspecified atom stereocenters. The van der Waals surface area contributed by atoms with Crippen molar-refractivity contribution in [3.63, 3.8) is 0 Å². The smallest absolute Gasteiger partial charge is 0.309 e. The van der Waals surface area contributed by atoms with Gasteiger partial charge in [0.2, 0.25) is 10.0 Å². The summed E-state index contributed by atoms with van der Waals surface area (Å²) in [6, 6.07) is 6.23. The minimum atomic E-state index is -3.59. The first kappa shape index (κ1) is 15.8. The number of benzene rings is 1. The summed E-state index contributed by atoms with van der Waals surface area (Å²) in [5.41, 5.74) is 0. The van der Waals surface area contributed by atoms with Crippen LogP contribution in [0, 0.1) is 5.92 Å². The summed E-state index contributed by atoms with van der Waals surface area (Å²) in [5.74, 6) is -0.151. The number of ether oxygens (including phenoxy) is 2. The summed E-state index contributed by atoms with van der Waals surface area (Å²) in [4.78, 5) is 11.8. The molecule has 2 rings (SSSR count). The highest BCUT2D eigenvalue weighted by Gasteiger charge is 2.33. The standard InChI is InChI=1S/C14H19NO5S/c1-19-12-5-7-13(8-6-12)21(17,18)15-9-3-4-11(10-15)14(16)20-2/h5-8,11H,3-4,9-10H2,1-2H3/t11-/m0/s1. The first-order chi connectivity index (χ1) is 9.98. The van der Waals surface area contributed by atoms with Gasteiger partial charge < -0.3 is 9.47 Å². The molecule has 0 radical (unpaired) electrons. The number of carbonyl (C=O) groups excluding carboxylic acids is 1. The van der Waals surface area contributed by atoms with Crippen LogP contribution in [0.5, 0.6) is 5.75 Å². The first-order valence-corrected chi connectivity index (χ1v) is 8.15. The molecule has 1 fully saturated rings. The van der Waals surface area contributed by atoms with Crippen LogP contribution < -0.4 is 4.74 Å². The van der Waals surface area contributed by atoms with Gasteiger partial charge in [0.05, 0.1) is 25.0 Å². The molecule has 1 aromatic carbocycles. The Hall–Kier alpha value is -1.60. The Bertz CT molecular complexity index is 596. The van der Waals surface area contributed by atoms with Crippen molar-refractivity contribution >= 4 is 16.0 Å². The predicted molar refractivity (Wildman–Crippen MR) is 76.5 cm³/mol. The Morgan fingerprint density at radius 2 is 1.90 bits per heavy atom. The molecule has 0 spiro atoms. The third-order valence-corrected chi connectivity index (χ3v) is 5.50. The highest BCUT2D eigenvalue weighted by atomic mass is 32.2. The summed E-state index contributed by atoms with van der Waals surface area (Å²) in [6.07, 6.45) is 1.30. The van der Waals surface area contributed by atoms with E-state index in [1.807, 2.05) is 0 Å². The van der Waals surface area contributed by atoms with Crippen LogP contribution in [0.4, 0.5) is 0 Å². The Kier molecular flexibility index (Phi) is 4.84. The van der Waals surface area contributed by atoms with Gasteiger partial charge in [0, 0.05) is 13.1 Å². The quantitative estimate of drug-likeness (QED) is 0.783. The largest absolute Gasteiger partial charge is 0.497 e. The predicted octanol–water partition coefficient (Wildman–Crippen LogP) is 1.27. The first-order valence-electron chi connectivity index (χ1n) is 6.71. The molecule has 6 nitrogen and oxygen atoms in total. The van der Waals surface area contributed by atoms with Gasteiger partial charge in [-0.15, -0.1) is 0 Å². The highest BCUT2D eigenvalue weighted by Crippen LogP contribution is 2.25. The van der Waals surface area contributed by atoms with Gasteiger partial charge in [-0.1, -0.05) is 0 Å². The van der Waals surface area contributed by atoms with E-state index in [1.54, 1.807) is 12.1 Å². The zero-order valence-electron chi connectivity index (χ0n) is 12.1. The van der Waals surface area contributed by atoms with Crippen molar-refractivity contribution in [2.75, 3.05) is 27.3 Å². The van der Waals surface area contributed by atoms with E-state index in [0.29, 0.717) is 25.1 Å². The summed E-state index contributed by atoms with van der Waals surface area (Å²) >= 11 is 0. The molecule has 7 heteroatoms. The number of piperidine rings is 1. The minimum absolute atomic E-state index is 0.168. The van der Waals surface area contributed by atoms with Crippen LogP contribution in [0.1, 0.15) is 12.8 Å². The number of carbonyl (C=O) groups is 1. The van der Waals surface area contributed by atoms with E-state index in [1.165, 1.54) is 30.7 Å². The highest BCUT2D eigenvalue weighted by molar-refractivity contribution is 7.89. The van der Waals surface area contributed by atoms with Crippen LogP contribution in [-0.4, -0.2) is 46.0 Å². The van der Waals surface area contributed by atoms with Gasteiger partial charge in [0.25, 0.3) is 0 Å². The molecule has 1 saturated heterocycles. The molecule has 116 valence electrons. The summed E-state index contributed by atoms with van der Waals surface area (Å²) in [6.45, 7) is 0.586. The molecular weight excluding hydrogens is 294 g/mol. The van der Waals surface area contributed by atoms with E-state index in [4.69, 9.17) is 9.47 Å². The fourth-order valence-corrected chi connectivity index (χ4v) is 3.94. The molecule has 0 amide bonds. The van der Waals surface area contributed by atoms with Crippen molar-refractivity contribution in [1.29, 1.82) is 0 Å². The summed E-state index contributed by atoms with van der Waals surface area (Å²) in [5, 5.41) is 0. The van der Waals surface area contributed by atoms with E-state index < -0.39 is 15.9 Å². The van der Waals surface area contributed by atoms with Gasteiger partial charge in [-0.2, -0.15) is 4.31 Å². The normalized spacial score (nSPS) is 20.0. The number of nitrogens with zero attached hydrogens (tertiary/aromatic N) is 1. The maximum Gasteiger partial charge on any atom is 0.309 e. The van der Waals surface area contributed by atoms with Crippen LogP contribution in [-0.2, 0) is 19.6 Å². The van der Waals surface area contributed by atoms with Crippen molar-refractivity contribution < 1.29 is 22.7 Å². The molecule has 1 heterocycles. The number of rotatable bonds is 4. The second-order valence-corrected chi connectivity index (χ2v) is 6.84. The van der Waals surface area contributed by atoms with Crippen molar-refractivity contribution in [1.82, 2.24) is 4.31 Å². The SMILES string of the molecule is COC(=O)[C@H]1CCCN(S(=O)(=O)c2ccc(OC)cc2)C1. The fourth-order valence-electron chi connectivity index (χ4n) is 2.42. The minimum Gasteiger partial charge on any atom is -0.497 e. The van der Waals surface area contributed by atoms with Crippen LogP contribution in [0.25, 0.3) is 0 Å². The molecule has 1 aliphatic heterocycles. The van der Waals surface area contributed by atoms with Gasteiger partial charge in [-0.3, -0.25) is 4.79 Å². The van der Waals surface area contributed by atoms with Crippen LogP contribution in [0.2, 0.25) is 0 Å².